The monoisotopic (exact) mass is 223 g/mol. The Morgan fingerprint density at radius 3 is 2.80 bits per heavy atom. The van der Waals surface area contributed by atoms with Gasteiger partial charge in [0.25, 0.3) is 0 Å². The van der Waals surface area contributed by atoms with Crippen LogP contribution in [-0.2, 0) is 0 Å². The molecular formula is C11H10FNOS. The highest BCUT2D eigenvalue weighted by Crippen LogP contribution is 2.28. The van der Waals surface area contributed by atoms with Crippen LogP contribution in [0.5, 0.6) is 0 Å². The largest absolute Gasteiger partial charge is 0.383 e. The topological polar surface area (TPSA) is 33.1 Å². The third-order valence-corrected chi connectivity index (χ3v) is 3.18. The van der Waals surface area contributed by atoms with Gasteiger partial charge in [-0.2, -0.15) is 0 Å². The number of aryl methyl sites for hydroxylation is 1. The molecule has 15 heavy (non-hydrogen) atoms. The molecule has 2 nitrogen and oxygen atoms in total. The van der Waals surface area contributed by atoms with Crippen LogP contribution < -0.4 is 0 Å². The van der Waals surface area contributed by atoms with Gasteiger partial charge in [0, 0.05) is 21.5 Å². The average molecular weight is 223 g/mol. The van der Waals surface area contributed by atoms with Crippen LogP contribution in [0.1, 0.15) is 21.4 Å². The zero-order valence-corrected chi connectivity index (χ0v) is 8.96. The molecule has 0 radical (unpaired) electrons. The minimum atomic E-state index is -0.897. The molecule has 1 N–H and O–H groups in total. The molecule has 0 aliphatic heterocycles. The maximum Gasteiger partial charge on any atom is 0.147 e. The van der Waals surface area contributed by atoms with Crippen LogP contribution in [0, 0.1) is 12.7 Å². The molecule has 2 heterocycles. The Bertz CT molecular complexity index is 469. The van der Waals surface area contributed by atoms with Gasteiger partial charge in [-0.3, -0.25) is 4.98 Å². The van der Waals surface area contributed by atoms with Crippen LogP contribution in [-0.4, -0.2) is 10.1 Å². The predicted molar refractivity (Wildman–Crippen MR) is 57.3 cm³/mol. The highest BCUT2D eigenvalue weighted by Gasteiger charge is 2.15. The van der Waals surface area contributed by atoms with Crippen molar-refractivity contribution in [3.05, 3.63) is 51.7 Å². The van der Waals surface area contributed by atoms with E-state index in [1.54, 1.807) is 0 Å². The second kappa shape index (κ2) is 4.08. The number of rotatable bonds is 2. The van der Waals surface area contributed by atoms with E-state index in [0.29, 0.717) is 0 Å². The van der Waals surface area contributed by atoms with Crippen molar-refractivity contribution in [2.75, 3.05) is 0 Å². The average Bonchev–Trinajstić information content (AvgIpc) is 2.65. The van der Waals surface area contributed by atoms with Crippen LogP contribution in [0.4, 0.5) is 4.39 Å². The molecule has 0 saturated carbocycles. The third-order valence-electron chi connectivity index (χ3n) is 2.13. The van der Waals surface area contributed by atoms with Crippen molar-refractivity contribution in [2.45, 2.75) is 13.0 Å². The van der Waals surface area contributed by atoms with E-state index in [1.807, 2.05) is 19.1 Å². The number of thiophene rings is 1. The molecule has 4 heteroatoms. The van der Waals surface area contributed by atoms with Crippen molar-refractivity contribution in [3.63, 3.8) is 0 Å². The lowest BCUT2D eigenvalue weighted by molar-refractivity contribution is 0.218. The number of pyridine rings is 1. The van der Waals surface area contributed by atoms with E-state index >= 15 is 0 Å². The van der Waals surface area contributed by atoms with Gasteiger partial charge in [-0.1, -0.05) is 0 Å². The van der Waals surface area contributed by atoms with E-state index in [0.717, 1.165) is 16.0 Å². The Kier molecular flexibility index (Phi) is 2.79. The van der Waals surface area contributed by atoms with Gasteiger partial charge < -0.3 is 5.11 Å². The molecule has 78 valence electrons. The van der Waals surface area contributed by atoms with Gasteiger partial charge in [0.1, 0.15) is 11.9 Å². The minimum Gasteiger partial charge on any atom is -0.383 e. The summed E-state index contributed by atoms with van der Waals surface area (Å²) in [6, 6.07) is 5.21. The first-order valence-corrected chi connectivity index (χ1v) is 5.34. The molecular weight excluding hydrogens is 213 g/mol. The van der Waals surface area contributed by atoms with E-state index in [9.17, 15) is 9.50 Å². The number of halogens is 1. The summed E-state index contributed by atoms with van der Waals surface area (Å²) >= 11 is 1.46. The molecule has 0 aliphatic carbocycles. The van der Waals surface area contributed by atoms with Gasteiger partial charge in [-0.15, -0.1) is 11.3 Å². The first-order chi connectivity index (χ1) is 7.18. The van der Waals surface area contributed by atoms with Crippen LogP contribution in [0.2, 0.25) is 0 Å². The fraction of sp³-hybridized carbons (Fsp3) is 0.182. The molecule has 0 saturated heterocycles. The first kappa shape index (κ1) is 10.3. The van der Waals surface area contributed by atoms with E-state index in [-0.39, 0.29) is 5.56 Å². The van der Waals surface area contributed by atoms with Crippen molar-refractivity contribution >= 4 is 11.3 Å². The van der Waals surface area contributed by atoms with Crippen LogP contribution in [0.3, 0.4) is 0 Å². The van der Waals surface area contributed by atoms with Gasteiger partial charge in [0.05, 0.1) is 6.20 Å². The number of aliphatic hydroxyl groups is 1. The molecule has 0 spiro atoms. The summed E-state index contributed by atoms with van der Waals surface area (Å²) < 4.78 is 13.3. The van der Waals surface area contributed by atoms with E-state index < -0.39 is 11.9 Å². The Labute approximate surface area is 91.0 Å². The van der Waals surface area contributed by atoms with E-state index in [2.05, 4.69) is 4.98 Å². The minimum absolute atomic E-state index is 0.270. The molecule has 0 amide bonds. The van der Waals surface area contributed by atoms with Crippen LogP contribution in [0.15, 0.2) is 30.6 Å². The fourth-order valence-corrected chi connectivity index (χ4v) is 2.24. The summed E-state index contributed by atoms with van der Waals surface area (Å²) in [7, 11) is 0. The number of hydrogen-bond acceptors (Lipinski definition) is 3. The summed E-state index contributed by atoms with van der Waals surface area (Å²) in [6.45, 7) is 1.95. The molecule has 2 aromatic rings. The smallest absolute Gasteiger partial charge is 0.147 e. The van der Waals surface area contributed by atoms with E-state index in [1.165, 1.54) is 23.6 Å². The van der Waals surface area contributed by atoms with Gasteiger partial charge in [0.2, 0.25) is 0 Å². The first-order valence-electron chi connectivity index (χ1n) is 4.52. The SMILES string of the molecule is Cc1ccc(C(O)c2ccncc2F)s1. The lowest BCUT2D eigenvalue weighted by atomic mass is 10.1. The third kappa shape index (κ3) is 2.06. The molecule has 2 rings (SSSR count). The maximum atomic E-state index is 13.3. The second-order valence-corrected chi connectivity index (χ2v) is 4.57. The Hall–Kier alpha value is -1.26. The highest BCUT2D eigenvalue weighted by atomic mass is 32.1. The number of aromatic nitrogens is 1. The summed E-state index contributed by atoms with van der Waals surface area (Å²) in [6.07, 6.45) is 1.69. The lowest BCUT2D eigenvalue weighted by Gasteiger charge is -2.08. The molecule has 0 aliphatic rings. The number of aliphatic hydroxyl groups excluding tert-OH is 1. The maximum absolute atomic E-state index is 13.3. The Morgan fingerprint density at radius 1 is 1.40 bits per heavy atom. The van der Waals surface area contributed by atoms with E-state index in [4.69, 9.17) is 0 Å². The van der Waals surface area contributed by atoms with Gasteiger partial charge in [-0.05, 0) is 25.1 Å². The van der Waals surface area contributed by atoms with Crippen molar-refractivity contribution < 1.29 is 9.50 Å². The number of nitrogens with zero attached hydrogens (tertiary/aromatic N) is 1. The number of hydrogen-bond donors (Lipinski definition) is 1. The lowest BCUT2D eigenvalue weighted by Crippen LogP contribution is -2.00. The standard InChI is InChI=1S/C11H10FNOS/c1-7-2-3-10(15-7)11(14)8-4-5-13-6-9(8)12/h2-6,11,14H,1H3. The fourth-order valence-electron chi connectivity index (χ4n) is 1.36. The quantitative estimate of drug-likeness (QED) is 0.849. The second-order valence-electron chi connectivity index (χ2n) is 3.25. The summed E-state index contributed by atoms with van der Waals surface area (Å²) in [5.41, 5.74) is 0.270. The molecule has 0 bridgehead atoms. The normalized spacial score (nSPS) is 12.7. The highest BCUT2D eigenvalue weighted by molar-refractivity contribution is 7.12. The molecule has 1 atom stereocenters. The predicted octanol–water partition coefficient (Wildman–Crippen LogP) is 2.67. The van der Waals surface area contributed by atoms with Gasteiger partial charge in [-0.25, -0.2) is 4.39 Å². The van der Waals surface area contributed by atoms with Crippen molar-refractivity contribution in [1.82, 2.24) is 4.98 Å². The van der Waals surface area contributed by atoms with Crippen molar-refractivity contribution in [3.8, 4) is 0 Å². The molecule has 2 aromatic heterocycles. The van der Waals surface area contributed by atoms with Gasteiger partial charge >= 0.3 is 0 Å². The Morgan fingerprint density at radius 2 is 2.20 bits per heavy atom. The Balaban J connectivity index is 2.36. The van der Waals surface area contributed by atoms with Crippen LogP contribution in [0.25, 0.3) is 0 Å². The molecule has 0 fully saturated rings. The van der Waals surface area contributed by atoms with Crippen molar-refractivity contribution in [2.24, 2.45) is 0 Å². The summed E-state index contributed by atoms with van der Waals surface area (Å²) in [5.74, 6) is -0.476. The zero-order chi connectivity index (χ0) is 10.8. The zero-order valence-electron chi connectivity index (χ0n) is 8.14. The summed E-state index contributed by atoms with van der Waals surface area (Å²) in [5, 5.41) is 9.93. The van der Waals surface area contributed by atoms with Crippen molar-refractivity contribution in [1.29, 1.82) is 0 Å². The summed E-state index contributed by atoms with van der Waals surface area (Å²) in [4.78, 5) is 5.49. The molecule has 1 unspecified atom stereocenters. The molecule has 0 aromatic carbocycles. The van der Waals surface area contributed by atoms with Crippen LogP contribution >= 0.6 is 11.3 Å². The van der Waals surface area contributed by atoms with Gasteiger partial charge in [0.15, 0.2) is 0 Å².